The molecule has 2 aromatic carbocycles. The van der Waals surface area contributed by atoms with E-state index in [4.69, 9.17) is 19.5 Å². The Morgan fingerprint density at radius 2 is 1.97 bits per heavy atom. The van der Waals surface area contributed by atoms with Crippen molar-refractivity contribution in [3.63, 3.8) is 0 Å². The van der Waals surface area contributed by atoms with Gasteiger partial charge in [0.05, 0.1) is 28.8 Å². The Hall–Kier alpha value is -2.86. The zero-order valence-electron chi connectivity index (χ0n) is 15.8. The number of carbonyl (C=O) groups excluding carboxylic acids is 1. The summed E-state index contributed by atoms with van der Waals surface area (Å²) >= 11 is 3.30. The van der Waals surface area contributed by atoms with E-state index in [0.29, 0.717) is 28.1 Å². The van der Waals surface area contributed by atoms with E-state index in [2.05, 4.69) is 21.2 Å². The highest BCUT2D eigenvalue weighted by Crippen LogP contribution is 2.36. The highest BCUT2D eigenvalue weighted by molar-refractivity contribution is 9.10. The zero-order valence-corrected chi connectivity index (χ0v) is 17.4. The fraction of sp³-hybridized carbons (Fsp3) is 0.300. The van der Waals surface area contributed by atoms with Crippen LogP contribution in [0, 0.1) is 23.0 Å². The molecule has 2 rings (SSSR count). The molecule has 0 bridgehead atoms. The molecule has 154 valence electrons. The van der Waals surface area contributed by atoms with Crippen LogP contribution in [-0.4, -0.2) is 31.8 Å². The van der Waals surface area contributed by atoms with Crippen molar-refractivity contribution < 1.29 is 27.8 Å². The van der Waals surface area contributed by atoms with Crippen LogP contribution in [0.3, 0.4) is 0 Å². The number of hydrogen-bond acceptors (Lipinski definition) is 5. The van der Waals surface area contributed by atoms with Crippen molar-refractivity contribution in [2.24, 2.45) is 0 Å². The molecule has 1 atom stereocenters. The van der Waals surface area contributed by atoms with Gasteiger partial charge < -0.3 is 19.5 Å². The van der Waals surface area contributed by atoms with Crippen molar-refractivity contribution in [2.75, 3.05) is 19.8 Å². The fourth-order valence-electron chi connectivity index (χ4n) is 2.34. The molecule has 0 heterocycles. The minimum atomic E-state index is -0.819. The maximum absolute atomic E-state index is 13.6. The van der Waals surface area contributed by atoms with Gasteiger partial charge in [-0.2, -0.15) is 5.26 Å². The number of amides is 1. The summed E-state index contributed by atoms with van der Waals surface area (Å²) in [6.45, 7) is 3.49. The molecular formula is C20H19BrF2N2O4. The molecule has 0 fully saturated rings. The van der Waals surface area contributed by atoms with Crippen LogP contribution in [0.15, 0.2) is 34.8 Å². The third-order valence-electron chi connectivity index (χ3n) is 3.58. The average molecular weight is 469 g/mol. The van der Waals surface area contributed by atoms with E-state index in [9.17, 15) is 13.6 Å². The molecule has 0 aliphatic heterocycles. The Morgan fingerprint density at radius 3 is 2.62 bits per heavy atom. The van der Waals surface area contributed by atoms with Crippen molar-refractivity contribution >= 4 is 21.8 Å². The van der Waals surface area contributed by atoms with Crippen molar-refractivity contribution in [1.82, 2.24) is 5.32 Å². The molecule has 0 radical (unpaired) electrons. The number of nitrogens with zero attached hydrogens (tertiary/aromatic N) is 1. The maximum atomic E-state index is 13.6. The lowest BCUT2D eigenvalue weighted by atomic mass is 10.2. The van der Waals surface area contributed by atoms with Gasteiger partial charge in [0, 0.05) is 12.1 Å². The van der Waals surface area contributed by atoms with Crippen LogP contribution in [0.1, 0.15) is 19.4 Å². The van der Waals surface area contributed by atoms with Gasteiger partial charge in [0.15, 0.2) is 29.7 Å². The number of carbonyl (C=O) groups is 1. The Labute approximate surface area is 175 Å². The smallest absolute Gasteiger partial charge is 0.258 e. The molecule has 1 unspecified atom stereocenters. The molecule has 0 spiro atoms. The summed E-state index contributed by atoms with van der Waals surface area (Å²) in [5.41, 5.74) is 0.385. The first-order valence-corrected chi connectivity index (χ1v) is 9.49. The predicted molar refractivity (Wildman–Crippen MR) is 105 cm³/mol. The molecule has 0 aromatic heterocycles. The summed E-state index contributed by atoms with van der Waals surface area (Å²) in [6, 6.07) is 7.63. The van der Waals surface area contributed by atoms with Crippen LogP contribution < -0.4 is 19.5 Å². The first kappa shape index (κ1) is 22.4. The third-order valence-corrected chi connectivity index (χ3v) is 4.17. The normalized spacial score (nSPS) is 11.3. The van der Waals surface area contributed by atoms with E-state index in [1.54, 1.807) is 19.9 Å². The number of rotatable bonds is 9. The quantitative estimate of drug-likeness (QED) is 0.602. The summed E-state index contributed by atoms with van der Waals surface area (Å²) in [7, 11) is 0. The van der Waals surface area contributed by atoms with Crippen LogP contribution in [0.2, 0.25) is 0 Å². The number of benzene rings is 2. The van der Waals surface area contributed by atoms with Gasteiger partial charge in [0.2, 0.25) is 0 Å². The molecular weight excluding hydrogens is 450 g/mol. The average Bonchev–Trinajstić information content (AvgIpc) is 2.66. The summed E-state index contributed by atoms with van der Waals surface area (Å²) in [4.78, 5) is 12.1. The second-order valence-electron chi connectivity index (χ2n) is 5.97. The van der Waals surface area contributed by atoms with Crippen LogP contribution in [-0.2, 0) is 4.79 Å². The number of nitrogens with one attached hydrogen (secondary N) is 1. The topological polar surface area (TPSA) is 80.6 Å². The molecule has 0 saturated heterocycles. The summed E-state index contributed by atoms with van der Waals surface area (Å²) in [5.74, 6) is -1.41. The van der Waals surface area contributed by atoms with Gasteiger partial charge >= 0.3 is 0 Å². The number of hydrogen-bond donors (Lipinski definition) is 1. The molecule has 6 nitrogen and oxygen atoms in total. The van der Waals surface area contributed by atoms with Gasteiger partial charge in [-0.25, -0.2) is 8.78 Å². The number of halogens is 3. The van der Waals surface area contributed by atoms with Crippen LogP contribution in [0.25, 0.3) is 0 Å². The third kappa shape index (κ3) is 6.61. The molecule has 29 heavy (non-hydrogen) atoms. The Balaban J connectivity index is 1.90. The molecule has 9 heteroatoms. The van der Waals surface area contributed by atoms with Gasteiger partial charge in [0.25, 0.3) is 5.91 Å². The minimum absolute atomic E-state index is 0.0148. The predicted octanol–water partition coefficient (Wildman–Crippen LogP) is 3.96. The summed E-state index contributed by atoms with van der Waals surface area (Å²) in [6.07, 6.45) is 0. The lowest BCUT2D eigenvalue weighted by Crippen LogP contribution is -2.39. The highest BCUT2D eigenvalue weighted by Gasteiger charge is 2.16. The van der Waals surface area contributed by atoms with Gasteiger partial charge in [-0.05, 0) is 48.0 Å². The van der Waals surface area contributed by atoms with E-state index in [0.717, 1.165) is 12.1 Å². The Morgan fingerprint density at radius 1 is 1.21 bits per heavy atom. The Bertz CT molecular complexity index is 918. The maximum Gasteiger partial charge on any atom is 0.258 e. The van der Waals surface area contributed by atoms with E-state index in [1.165, 1.54) is 12.1 Å². The molecule has 0 saturated carbocycles. The lowest BCUT2D eigenvalue weighted by Gasteiger charge is -2.17. The van der Waals surface area contributed by atoms with Crippen molar-refractivity contribution in [1.29, 1.82) is 5.26 Å². The molecule has 2 aromatic rings. The number of ether oxygens (including phenoxy) is 3. The van der Waals surface area contributed by atoms with Crippen LogP contribution in [0.5, 0.6) is 17.2 Å². The van der Waals surface area contributed by atoms with Gasteiger partial charge in [-0.15, -0.1) is 0 Å². The number of nitriles is 1. The molecule has 0 aliphatic carbocycles. The second kappa shape index (κ2) is 10.6. The van der Waals surface area contributed by atoms with E-state index >= 15 is 0 Å². The fourth-order valence-corrected chi connectivity index (χ4v) is 2.89. The molecule has 0 aliphatic rings. The van der Waals surface area contributed by atoms with E-state index in [-0.39, 0.29) is 19.0 Å². The van der Waals surface area contributed by atoms with Crippen molar-refractivity contribution in [3.05, 3.63) is 52.0 Å². The van der Waals surface area contributed by atoms with E-state index in [1.807, 2.05) is 6.07 Å². The van der Waals surface area contributed by atoms with E-state index < -0.39 is 23.6 Å². The zero-order chi connectivity index (χ0) is 21.4. The minimum Gasteiger partial charge on any atom is -0.490 e. The SMILES string of the molecule is CCOc1cc(C#N)cc(Br)c1OCC(=O)NC(C)COc1ccc(F)cc1F. The Kier molecular flexibility index (Phi) is 8.21. The first-order valence-electron chi connectivity index (χ1n) is 8.70. The highest BCUT2D eigenvalue weighted by atomic mass is 79.9. The van der Waals surface area contributed by atoms with Crippen molar-refractivity contribution in [3.8, 4) is 23.3 Å². The van der Waals surface area contributed by atoms with Gasteiger partial charge in [-0.3, -0.25) is 4.79 Å². The van der Waals surface area contributed by atoms with Gasteiger partial charge in [-0.1, -0.05) is 0 Å². The van der Waals surface area contributed by atoms with Crippen LogP contribution in [0.4, 0.5) is 8.78 Å². The standard InChI is InChI=1S/C20H19BrF2N2O4/c1-3-27-18-7-13(9-24)6-15(21)20(18)29-11-19(26)25-12(2)10-28-17-5-4-14(22)8-16(17)23/h4-8,12H,3,10-11H2,1-2H3,(H,25,26). The largest absolute Gasteiger partial charge is 0.490 e. The molecule has 1 amide bonds. The molecule has 1 N–H and O–H groups in total. The summed E-state index contributed by atoms with van der Waals surface area (Å²) < 4.78 is 43.2. The monoisotopic (exact) mass is 468 g/mol. The summed E-state index contributed by atoms with van der Waals surface area (Å²) in [5, 5.41) is 11.7. The van der Waals surface area contributed by atoms with Gasteiger partial charge in [0.1, 0.15) is 12.4 Å². The van der Waals surface area contributed by atoms with Crippen molar-refractivity contribution in [2.45, 2.75) is 19.9 Å². The second-order valence-corrected chi connectivity index (χ2v) is 6.83. The first-order chi connectivity index (χ1) is 13.8. The van der Waals surface area contributed by atoms with Crippen LogP contribution >= 0.6 is 15.9 Å². The lowest BCUT2D eigenvalue weighted by molar-refractivity contribution is -0.123.